The average Bonchev–Trinajstić information content (AvgIpc) is 2.82. The first-order valence-corrected chi connectivity index (χ1v) is 18.8. The molecule has 3 saturated heterocycles. The Bertz CT molecular complexity index is 589. The Morgan fingerprint density at radius 1 is 0.452 bits per heavy atom. The van der Waals surface area contributed by atoms with E-state index >= 15 is 0 Å². The number of rotatable bonds is 0. The van der Waals surface area contributed by atoms with Crippen molar-refractivity contribution in [2.75, 3.05) is 25.4 Å². The van der Waals surface area contributed by atoms with Gasteiger partial charge in [-0.05, 0) is 114 Å². The number of nitrogens with one attached hydrogen (secondary N) is 2. The SMILES string of the molecule is CC(C)(C)C1CCCNC1C(C)(C)C.CC(C)(C)C1CCCSC1C(C)(C)C.CC(C)(C)C1CCNCC1C(C)(C)C. The molecule has 2 N–H and O–H groups in total. The minimum Gasteiger partial charge on any atom is -0.316 e. The average molecular weight is 609 g/mol. The summed E-state index contributed by atoms with van der Waals surface area (Å²) < 4.78 is 0. The van der Waals surface area contributed by atoms with Crippen molar-refractivity contribution in [1.29, 1.82) is 0 Å². The maximum Gasteiger partial charge on any atom is 0.0149 e. The van der Waals surface area contributed by atoms with Crippen molar-refractivity contribution in [3.63, 3.8) is 0 Å². The van der Waals surface area contributed by atoms with Gasteiger partial charge in [0.2, 0.25) is 0 Å². The van der Waals surface area contributed by atoms with Crippen LogP contribution in [0.4, 0.5) is 0 Å². The van der Waals surface area contributed by atoms with Gasteiger partial charge in [-0.2, -0.15) is 11.8 Å². The quantitative estimate of drug-likeness (QED) is 0.286. The third-order valence-electron chi connectivity index (χ3n) is 10.5. The van der Waals surface area contributed by atoms with Gasteiger partial charge in [-0.25, -0.2) is 0 Å². The number of hydrogen-bond donors (Lipinski definition) is 2. The maximum atomic E-state index is 3.72. The van der Waals surface area contributed by atoms with E-state index in [4.69, 9.17) is 0 Å². The smallest absolute Gasteiger partial charge is 0.0149 e. The summed E-state index contributed by atoms with van der Waals surface area (Å²) in [6.07, 6.45) is 6.91. The lowest BCUT2D eigenvalue weighted by Gasteiger charge is -2.47. The van der Waals surface area contributed by atoms with Crippen LogP contribution in [0.2, 0.25) is 0 Å². The Kier molecular flexibility index (Phi) is 14.6. The highest BCUT2D eigenvalue weighted by atomic mass is 32.2. The van der Waals surface area contributed by atoms with Crippen LogP contribution in [-0.4, -0.2) is 36.7 Å². The summed E-state index contributed by atoms with van der Waals surface area (Å²) in [5.41, 5.74) is 2.66. The zero-order valence-corrected chi connectivity index (χ0v) is 33.1. The van der Waals surface area contributed by atoms with Crippen molar-refractivity contribution in [1.82, 2.24) is 10.6 Å². The zero-order valence-electron chi connectivity index (χ0n) is 32.2. The van der Waals surface area contributed by atoms with Gasteiger partial charge < -0.3 is 10.6 Å². The van der Waals surface area contributed by atoms with Crippen LogP contribution in [0.25, 0.3) is 0 Å². The molecule has 3 heterocycles. The highest BCUT2D eigenvalue weighted by Gasteiger charge is 2.42. The maximum absolute atomic E-state index is 3.72. The fourth-order valence-electron chi connectivity index (χ4n) is 8.06. The van der Waals surface area contributed by atoms with Crippen molar-refractivity contribution in [2.24, 2.45) is 56.2 Å². The molecule has 2 nitrogen and oxygen atoms in total. The first-order valence-electron chi connectivity index (χ1n) is 17.7. The van der Waals surface area contributed by atoms with E-state index in [2.05, 4.69) is 147 Å². The van der Waals surface area contributed by atoms with Crippen molar-refractivity contribution in [3.05, 3.63) is 0 Å². The van der Waals surface area contributed by atoms with Crippen LogP contribution < -0.4 is 10.6 Å². The molecular weight excluding hydrogens is 529 g/mol. The monoisotopic (exact) mass is 609 g/mol. The van der Waals surface area contributed by atoms with Crippen molar-refractivity contribution in [2.45, 2.75) is 168 Å². The first-order chi connectivity index (χ1) is 18.7. The Morgan fingerprint density at radius 2 is 0.929 bits per heavy atom. The van der Waals surface area contributed by atoms with Crippen LogP contribution in [0.15, 0.2) is 0 Å². The van der Waals surface area contributed by atoms with E-state index in [-0.39, 0.29) is 0 Å². The van der Waals surface area contributed by atoms with E-state index < -0.39 is 0 Å². The lowest BCUT2D eigenvalue weighted by Crippen LogP contribution is -2.53. The van der Waals surface area contributed by atoms with E-state index in [1.165, 1.54) is 57.5 Å². The third-order valence-corrected chi connectivity index (χ3v) is 12.4. The van der Waals surface area contributed by atoms with E-state index in [0.717, 1.165) is 28.9 Å². The van der Waals surface area contributed by atoms with Crippen LogP contribution in [0.1, 0.15) is 157 Å². The molecule has 42 heavy (non-hydrogen) atoms. The Hall–Kier alpha value is 0.270. The molecule has 3 fully saturated rings. The molecule has 0 aromatic heterocycles. The lowest BCUT2D eigenvalue weighted by molar-refractivity contribution is 0.0443. The molecule has 0 saturated carbocycles. The normalized spacial score (nSPS) is 30.4. The highest BCUT2D eigenvalue weighted by molar-refractivity contribution is 8.00. The predicted molar refractivity (Wildman–Crippen MR) is 195 cm³/mol. The first kappa shape index (κ1) is 40.3. The molecule has 3 rings (SSSR count). The zero-order chi connectivity index (χ0) is 32.9. The topological polar surface area (TPSA) is 24.1 Å². The fraction of sp³-hybridized carbons (Fsp3) is 1.00. The van der Waals surface area contributed by atoms with Gasteiger partial charge in [0, 0.05) is 11.3 Å². The molecule has 0 aliphatic carbocycles. The van der Waals surface area contributed by atoms with Gasteiger partial charge in [0.15, 0.2) is 0 Å². The van der Waals surface area contributed by atoms with Gasteiger partial charge in [-0.15, -0.1) is 0 Å². The van der Waals surface area contributed by atoms with Crippen LogP contribution in [0.5, 0.6) is 0 Å². The molecule has 3 aliphatic rings. The fourth-order valence-corrected chi connectivity index (χ4v) is 9.92. The largest absolute Gasteiger partial charge is 0.316 e. The van der Waals surface area contributed by atoms with Crippen LogP contribution in [-0.2, 0) is 0 Å². The van der Waals surface area contributed by atoms with Gasteiger partial charge in [-0.1, -0.05) is 125 Å². The number of hydrogen-bond acceptors (Lipinski definition) is 3. The van der Waals surface area contributed by atoms with E-state index in [1.54, 1.807) is 0 Å². The summed E-state index contributed by atoms with van der Waals surface area (Å²) in [6.45, 7) is 46.5. The van der Waals surface area contributed by atoms with Gasteiger partial charge in [0.1, 0.15) is 0 Å². The van der Waals surface area contributed by atoms with Crippen LogP contribution in [0.3, 0.4) is 0 Å². The van der Waals surface area contributed by atoms with Crippen LogP contribution in [0, 0.1) is 56.2 Å². The standard InChI is InChI=1S/2C13H27N.C13H26S/c1-12(2,3)10-7-8-14-9-11(10)13(4,5)6;2*1-12(2,3)10-8-7-9-14-11(10)13(4,5)6/h2*10-11,14H,7-9H2,1-6H3;10-11H,7-9H2,1-6H3. The van der Waals surface area contributed by atoms with Gasteiger partial charge in [-0.3, -0.25) is 0 Å². The number of piperidine rings is 2. The summed E-state index contributed by atoms with van der Waals surface area (Å²) in [5, 5.41) is 8.10. The summed E-state index contributed by atoms with van der Waals surface area (Å²) in [6, 6.07) is 0.677. The summed E-state index contributed by atoms with van der Waals surface area (Å²) in [7, 11) is 0. The molecule has 0 amide bonds. The summed E-state index contributed by atoms with van der Waals surface area (Å²) >= 11 is 2.21. The Balaban J connectivity index is 0.000000315. The third kappa shape index (κ3) is 12.9. The lowest BCUT2D eigenvalue weighted by atomic mass is 9.62. The molecule has 0 bridgehead atoms. The minimum atomic E-state index is 0.387. The molecular formula is C39H80N2S. The Morgan fingerprint density at radius 3 is 1.29 bits per heavy atom. The van der Waals surface area contributed by atoms with Crippen molar-refractivity contribution >= 4 is 11.8 Å². The van der Waals surface area contributed by atoms with Gasteiger partial charge in [0.05, 0.1) is 0 Å². The predicted octanol–water partition coefficient (Wildman–Crippen LogP) is 11.3. The molecule has 6 unspecified atom stereocenters. The minimum absolute atomic E-state index is 0.387. The summed E-state index contributed by atoms with van der Waals surface area (Å²) in [4.78, 5) is 0. The second-order valence-corrected chi connectivity index (χ2v) is 21.9. The van der Waals surface area contributed by atoms with Crippen LogP contribution >= 0.6 is 11.8 Å². The molecule has 0 spiro atoms. The second kappa shape index (κ2) is 15.2. The van der Waals surface area contributed by atoms with E-state index in [0.29, 0.717) is 38.5 Å². The molecule has 0 aromatic rings. The molecule has 3 heteroatoms. The molecule has 6 atom stereocenters. The highest BCUT2D eigenvalue weighted by Crippen LogP contribution is 2.48. The number of thioether (sulfide) groups is 1. The summed E-state index contributed by atoms with van der Waals surface area (Å²) in [5.74, 6) is 4.76. The molecule has 0 radical (unpaired) electrons. The van der Waals surface area contributed by atoms with E-state index in [1.807, 2.05) is 0 Å². The molecule has 252 valence electrons. The van der Waals surface area contributed by atoms with Gasteiger partial charge >= 0.3 is 0 Å². The Labute approximate surface area is 271 Å². The molecule has 0 aromatic carbocycles. The molecule has 3 aliphatic heterocycles. The van der Waals surface area contributed by atoms with Gasteiger partial charge in [0.25, 0.3) is 0 Å². The van der Waals surface area contributed by atoms with Crippen molar-refractivity contribution < 1.29 is 0 Å². The van der Waals surface area contributed by atoms with Crippen molar-refractivity contribution in [3.8, 4) is 0 Å². The second-order valence-electron chi connectivity index (χ2n) is 20.6. The van der Waals surface area contributed by atoms with E-state index in [9.17, 15) is 0 Å².